The summed E-state index contributed by atoms with van der Waals surface area (Å²) in [6, 6.07) is 19.4. The monoisotopic (exact) mass is 373 g/mol. The Labute approximate surface area is 163 Å². The molecule has 1 aromatic carbocycles. The molecular weight excluding hydrogens is 350 g/mol. The highest BCUT2D eigenvalue weighted by Gasteiger charge is 2.18. The van der Waals surface area contributed by atoms with Gasteiger partial charge in [-0.3, -0.25) is 4.79 Å². The molecule has 0 amide bonds. The summed E-state index contributed by atoms with van der Waals surface area (Å²) in [4.78, 5) is 14.4. The third-order valence-electron chi connectivity index (χ3n) is 4.69. The lowest BCUT2D eigenvalue weighted by Crippen LogP contribution is -2.24. The first kappa shape index (κ1) is 18.1. The summed E-state index contributed by atoms with van der Waals surface area (Å²) in [7, 11) is 4.05. The molecule has 0 spiro atoms. The lowest BCUT2D eigenvalue weighted by molar-refractivity contribution is 0.377. The van der Waals surface area contributed by atoms with Crippen molar-refractivity contribution in [1.82, 2.24) is 24.3 Å². The van der Waals surface area contributed by atoms with Crippen molar-refractivity contribution in [3.63, 3.8) is 0 Å². The topological polar surface area (TPSA) is 55.4 Å². The van der Waals surface area contributed by atoms with Gasteiger partial charge in [0.15, 0.2) is 0 Å². The third-order valence-corrected chi connectivity index (χ3v) is 4.69. The van der Waals surface area contributed by atoms with Crippen LogP contribution in [0.3, 0.4) is 0 Å². The smallest absolute Gasteiger partial charge is 0.266 e. The van der Waals surface area contributed by atoms with Crippen LogP contribution >= 0.6 is 0 Å². The molecule has 28 heavy (non-hydrogen) atoms. The number of benzene rings is 1. The minimum Gasteiger partial charge on any atom is -0.309 e. The van der Waals surface area contributed by atoms with Crippen LogP contribution in [0.25, 0.3) is 28.0 Å². The van der Waals surface area contributed by atoms with Crippen molar-refractivity contribution in [2.45, 2.75) is 13.0 Å². The van der Waals surface area contributed by atoms with Crippen LogP contribution in [0.1, 0.15) is 6.42 Å². The van der Waals surface area contributed by atoms with Gasteiger partial charge in [-0.1, -0.05) is 36.4 Å². The van der Waals surface area contributed by atoms with Gasteiger partial charge < -0.3 is 4.90 Å². The normalized spacial score (nSPS) is 11.4. The van der Waals surface area contributed by atoms with E-state index in [0.717, 1.165) is 41.0 Å². The van der Waals surface area contributed by atoms with Crippen LogP contribution in [0.2, 0.25) is 0 Å². The van der Waals surface area contributed by atoms with Crippen molar-refractivity contribution in [2.75, 3.05) is 20.6 Å². The summed E-state index contributed by atoms with van der Waals surface area (Å²) in [5, 5.41) is 9.46. The van der Waals surface area contributed by atoms with E-state index < -0.39 is 0 Å². The number of nitrogens with zero attached hydrogens (tertiary/aromatic N) is 5. The van der Waals surface area contributed by atoms with Crippen LogP contribution in [0.15, 0.2) is 71.7 Å². The number of hydrogen-bond donors (Lipinski definition) is 0. The number of aryl methyl sites for hydroxylation is 1. The van der Waals surface area contributed by atoms with E-state index in [1.807, 2.05) is 73.3 Å². The number of rotatable bonds is 6. The van der Waals surface area contributed by atoms with Gasteiger partial charge in [0.1, 0.15) is 5.69 Å². The third kappa shape index (κ3) is 3.59. The van der Waals surface area contributed by atoms with E-state index in [4.69, 9.17) is 5.10 Å². The molecule has 0 atom stereocenters. The van der Waals surface area contributed by atoms with Crippen LogP contribution < -0.4 is 5.56 Å². The lowest BCUT2D eigenvalue weighted by Gasteiger charge is -2.11. The highest BCUT2D eigenvalue weighted by Crippen LogP contribution is 2.33. The summed E-state index contributed by atoms with van der Waals surface area (Å²) >= 11 is 0. The number of fused-ring (bicyclic) bond motifs is 1. The van der Waals surface area contributed by atoms with E-state index >= 15 is 0 Å². The molecule has 4 aromatic rings. The molecule has 0 saturated heterocycles. The van der Waals surface area contributed by atoms with Crippen molar-refractivity contribution >= 4 is 5.52 Å². The maximum Gasteiger partial charge on any atom is 0.266 e. The first-order chi connectivity index (χ1) is 13.6. The van der Waals surface area contributed by atoms with E-state index in [2.05, 4.69) is 10.00 Å². The molecule has 3 aromatic heterocycles. The van der Waals surface area contributed by atoms with Gasteiger partial charge in [0, 0.05) is 24.4 Å². The number of pyridine rings is 1. The molecule has 0 bridgehead atoms. The first-order valence-corrected chi connectivity index (χ1v) is 9.39. The van der Waals surface area contributed by atoms with E-state index in [-0.39, 0.29) is 5.56 Å². The second-order valence-corrected chi connectivity index (χ2v) is 7.06. The molecule has 6 nitrogen and oxygen atoms in total. The molecular formula is C22H23N5O. The van der Waals surface area contributed by atoms with Gasteiger partial charge in [0.2, 0.25) is 0 Å². The molecule has 0 aliphatic rings. The molecule has 4 rings (SSSR count). The lowest BCUT2D eigenvalue weighted by atomic mass is 10.0. The quantitative estimate of drug-likeness (QED) is 0.521. The van der Waals surface area contributed by atoms with Crippen molar-refractivity contribution in [3.05, 3.63) is 77.2 Å². The Bertz CT molecular complexity index is 1140. The van der Waals surface area contributed by atoms with Gasteiger partial charge in [-0.05, 0) is 45.3 Å². The molecule has 0 saturated carbocycles. The van der Waals surface area contributed by atoms with E-state index in [9.17, 15) is 4.79 Å². The SMILES string of the molecule is CN(C)CCCn1nc(-c2c(-c3ccccc3)nn3ccccc23)ccc1=O. The highest BCUT2D eigenvalue weighted by molar-refractivity contribution is 5.90. The molecule has 6 heteroatoms. The van der Waals surface area contributed by atoms with Crippen molar-refractivity contribution in [2.24, 2.45) is 0 Å². The Morgan fingerprint density at radius 2 is 1.71 bits per heavy atom. The minimum absolute atomic E-state index is 0.0831. The second kappa shape index (κ2) is 7.78. The molecule has 0 radical (unpaired) electrons. The van der Waals surface area contributed by atoms with Crippen LogP contribution in [0, 0.1) is 0 Å². The molecule has 0 fully saturated rings. The van der Waals surface area contributed by atoms with Gasteiger partial charge in [0.25, 0.3) is 5.56 Å². The van der Waals surface area contributed by atoms with E-state index in [0.29, 0.717) is 6.54 Å². The predicted molar refractivity (Wildman–Crippen MR) is 111 cm³/mol. The van der Waals surface area contributed by atoms with Crippen molar-refractivity contribution < 1.29 is 0 Å². The summed E-state index contributed by atoms with van der Waals surface area (Å²) in [6.45, 7) is 1.50. The average Bonchev–Trinajstić information content (AvgIpc) is 3.09. The zero-order chi connectivity index (χ0) is 19.5. The van der Waals surface area contributed by atoms with Gasteiger partial charge in [0.05, 0.1) is 16.8 Å². The average molecular weight is 373 g/mol. The zero-order valence-electron chi connectivity index (χ0n) is 16.1. The summed E-state index contributed by atoms with van der Waals surface area (Å²) in [5.74, 6) is 0. The second-order valence-electron chi connectivity index (χ2n) is 7.06. The van der Waals surface area contributed by atoms with Crippen LogP contribution in [-0.2, 0) is 6.54 Å². The molecule has 0 aliphatic heterocycles. The van der Waals surface area contributed by atoms with Crippen molar-refractivity contribution in [3.8, 4) is 22.5 Å². The van der Waals surface area contributed by atoms with Crippen LogP contribution in [0.4, 0.5) is 0 Å². The maximum absolute atomic E-state index is 12.3. The van der Waals surface area contributed by atoms with E-state index in [1.165, 1.54) is 0 Å². The molecule has 3 heterocycles. The van der Waals surface area contributed by atoms with Gasteiger partial charge in [-0.25, -0.2) is 9.20 Å². The minimum atomic E-state index is -0.0831. The van der Waals surface area contributed by atoms with Gasteiger partial charge in [-0.2, -0.15) is 10.2 Å². The fraction of sp³-hybridized carbons (Fsp3) is 0.227. The molecule has 0 aliphatic carbocycles. The van der Waals surface area contributed by atoms with E-state index in [1.54, 1.807) is 16.8 Å². The number of hydrogen-bond acceptors (Lipinski definition) is 4. The Balaban J connectivity index is 1.84. The maximum atomic E-state index is 12.3. The summed E-state index contributed by atoms with van der Waals surface area (Å²) < 4.78 is 3.42. The van der Waals surface area contributed by atoms with Gasteiger partial charge in [-0.15, -0.1) is 0 Å². The highest BCUT2D eigenvalue weighted by atomic mass is 16.1. The molecule has 142 valence electrons. The fourth-order valence-electron chi connectivity index (χ4n) is 3.33. The van der Waals surface area contributed by atoms with Crippen LogP contribution in [-0.4, -0.2) is 44.9 Å². The zero-order valence-corrected chi connectivity index (χ0v) is 16.1. The van der Waals surface area contributed by atoms with Crippen molar-refractivity contribution in [1.29, 1.82) is 0 Å². The summed E-state index contributed by atoms with van der Waals surface area (Å²) in [5.41, 5.74) is 4.45. The standard InChI is InChI=1S/C22H23N5O/c1-25(2)14-8-16-27-20(28)13-12-18(23-27)21-19-11-6-7-15-26(19)24-22(21)17-9-4-3-5-10-17/h3-7,9-13,15H,8,14,16H2,1-2H3. The number of aromatic nitrogens is 4. The molecule has 0 N–H and O–H groups in total. The first-order valence-electron chi connectivity index (χ1n) is 9.39. The van der Waals surface area contributed by atoms with Gasteiger partial charge >= 0.3 is 0 Å². The Kier molecular flexibility index (Phi) is 5.04. The Morgan fingerprint density at radius 3 is 2.50 bits per heavy atom. The predicted octanol–water partition coefficient (Wildman–Crippen LogP) is 3.18. The molecule has 0 unspecified atom stereocenters. The Hall–Kier alpha value is -3.25. The Morgan fingerprint density at radius 1 is 0.929 bits per heavy atom. The van der Waals surface area contributed by atoms with Crippen LogP contribution in [0.5, 0.6) is 0 Å². The fourth-order valence-corrected chi connectivity index (χ4v) is 3.33. The largest absolute Gasteiger partial charge is 0.309 e. The summed E-state index contributed by atoms with van der Waals surface area (Å²) in [6.07, 6.45) is 2.79.